The van der Waals surface area contributed by atoms with Crippen LogP contribution in [0, 0.1) is 0 Å². The number of hydrogen-bond acceptors (Lipinski definition) is 6. The lowest BCUT2D eigenvalue weighted by Crippen LogP contribution is -2.16. The van der Waals surface area contributed by atoms with Crippen LogP contribution in [-0.4, -0.2) is 19.5 Å². The van der Waals surface area contributed by atoms with E-state index in [-0.39, 0.29) is 4.91 Å². The molecule has 31 heavy (non-hydrogen) atoms. The lowest BCUT2D eigenvalue weighted by atomic mass is 10.1. The fourth-order valence-corrected chi connectivity index (χ4v) is 6.01. The van der Waals surface area contributed by atoms with Crippen LogP contribution in [0.2, 0.25) is 0 Å². The Hall–Kier alpha value is -3.16. The van der Waals surface area contributed by atoms with E-state index >= 15 is 0 Å². The van der Waals surface area contributed by atoms with Gasteiger partial charge in [0.05, 0.1) is 0 Å². The van der Waals surface area contributed by atoms with E-state index in [0.29, 0.717) is 16.9 Å². The van der Waals surface area contributed by atoms with Crippen LogP contribution in [0.5, 0.6) is 0 Å². The van der Waals surface area contributed by atoms with Gasteiger partial charge in [0.15, 0.2) is 20.8 Å². The molecule has 0 radical (unpaired) electrons. The maximum Gasteiger partial charge on any atom is 0.373 e. The molecule has 1 aliphatic heterocycles. The molecule has 0 aromatic heterocycles. The van der Waals surface area contributed by atoms with Gasteiger partial charge >= 0.3 is 5.30 Å². The highest BCUT2D eigenvalue weighted by atomic mass is 32.2. The fraction of sp³-hybridized carbons (Fsp3) is 0.0833. The van der Waals surface area contributed by atoms with Gasteiger partial charge in [0.25, 0.3) is 0 Å². The van der Waals surface area contributed by atoms with Crippen molar-refractivity contribution in [2.75, 3.05) is 0 Å². The molecule has 1 unspecified atom stereocenters. The number of carbonyl (C=O) groups is 2. The van der Waals surface area contributed by atoms with E-state index < -0.39 is 31.9 Å². The van der Waals surface area contributed by atoms with Crippen molar-refractivity contribution in [1.29, 1.82) is 0 Å². The molecule has 0 bridgehead atoms. The van der Waals surface area contributed by atoms with Gasteiger partial charge in [-0.1, -0.05) is 91.0 Å². The van der Waals surface area contributed by atoms with Crippen LogP contribution < -0.4 is 0 Å². The van der Waals surface area contributed by atoms with E-state index in [2.05, 4.69) is 0 Å². The van der Waals surface area contributed by atoms with Crippen molar-refractivity contribution in [3.63, 3.8) is 0 Å². The molecule has 0 N–H and O–H groups in total. The van der Waals surface area contributed by atoms with Crippen molar-refractivity contribution in [3.05, 3.63) is 113 Å². The number of ether oxygens (including phenoxy) is 1. The number of allylic oxidation sites excluding steroid dienone is 1. The molecule has 5 nitrogen and oxygen atoms in total. The summed E-state index contributed by atoms with van der Waals surface area (Å²) in [6.07, 6.45) is 0. The predicted molar refractivity (Wildman–Crippen MR) is 121 cm³/mol. The number of hydrogen-bond donors (Lipinski definition) is 0. The second-order valence-corrected chi connectivity index (χ2v) is 9.73. The number of Topliss-reactive ketones (excluding diaryl/α,β-unsaturated/α-hetero) is 1. The van der Waals surface area contributed by atoms with Gasteiger partial charge < -0.3 is 4.74 Å². The molecule has 1 aliphatic rings. The predicted octanol–water partition coefficient (Wildman–Crippen LogP) is 5.16. The first-order valence-electron chi connectivity index (χ1n) is 9.50. The highest BCUT2D eigenvalue weighted by Gasteiger charge is 2.50. The largest absolute Gasteiger partial charge is 0.413 e. The van der Waals surface area contributed by atoms with Gasteiger partial charge in [-0.2, -0.15) is 0 Å². The highest BCUT2D eigenvalue weighted by Crippen LogP contribution is 2.45. The maximum absolute atomic E-state index is 13.4. The molecule has 3 aromatic carbocycles. The molecule has 3 aromatic rings. The summed E-state index contributed by atoms with van der Waals surface area (Å²) < 4.78 is 32.2. The Morgan fingerprint density at radius 3 is 2.00 bits per heavy atom. The molecule has 1 atom stereocenters. The second-order valence-electron chi connectivity index (χ2n) is 6.85. The van der Waals surface area contributed by atoms with Crippen molar-refractivity contribution in [3.8, 4) is 0 Å². The topological polar surface area (TPSA) is 77.5 Å². The van der Waals surface area contributed by atoms with Crippen molar-refractivity contribution < 1.29 is 22.7 Å². The summed E-state index contributed by atoms with van der Waals surface area (Å²) in [5.74, 6) is -0.819. The van der Waals surface area contributed by atoms with Gasteiger partial charge in [-0.3, -0.25) is 4.79 Å². The zero-order valence-corrected chi connectivity index (χ0v) is 17.9. The minimum Gasteiger partial charge on any atom is -0.413 e. The number of rotatable bonds is 5. The normalized spacial score (nSPS) is 17.5. The Kier molecular flexibility index (Phi) is 6.06. The Morgan fingerprint density at radius 1 is 0.839 bits per heavy atom. The van der Waals surface area contributed by atoms with Crippen LogP contribution in [0.15, 0.2) is 96.8 Å². The van der Waals surface area contributed by atoms with E-state index in [1.54, 1.807) is 60.7 Å². The SMILES string of the molecule is O=C(OC1=C(c2ccccc2)S(=O)(=O)C(c2ccccc2)C1=O)SCc1ccccc1. The zero-order valence-electron chi connectivity index (χ0n) is 16.3. The van der Waals surface area contributed by atoms with E-state index in [1.807, 2.05) is 30.3 Å². The van der Waals surface area contributed by atoms with Crippen LogP contribution in [0.3, 0.4) is 0 Å². The number of carbonyl (C=O) groups excluding carboxylic acids is 2. The third-order valence-corrected chi connectivity index (χ3v) is 7.68. The fourth-order valence-electron chi connectivity index (χ4n) is 3.39. The van der Waals surface area contributed by atoms with Gasteiger partial charge in [0.2, 0.25) is 5.78 Å². The van der Waals surface area contributed by atoms with Crippen LogP contribution in [0.4, 0.5) is 4.79 Å². The Labute approximate surface area is 184 Å². The summed E-state index contributed by atoms with van der Waals surface area (Å²) in [4.78, 5) is 25.5. The monoisotopic (exact) mass is 450 g/mol. The molecule has 0 amide bonds. The van der Waals surface area contributed by atoms with E-state index in [1.165, 1.54) is 0 Å². The minimum absolute atomic E-state index is 0.249. The van der Waals surface area contributed by atoms with Crippen LogP contribution in [0.25, 0.3) is 4.91 Å². The molecule has 0 saturated carbocycles. The summed E-state index contributed by atoms with van der Waals surface area (Å²) in [5.41, 5.74) is 1.56. The van der Waals surface area contributed by atoms with Gasteiger partial charge in [-0.15, -0.1) is 0 Å². The molecule has 1 heterocycles. The lowest BCUT2D eigenvalue weighted by molar-refractivity contribution is -0.117. The van der Waals surface area contributed by atoms with Gasteiger partial charge in [-0.25, -0.2) is 13.2 Å². The first-order valence-corrected chi connectivity index (χ1v) is 12.0. The van der Waals surface area contributed by atoms with Crippen molar-refractivity contribution >= 4 is 37.6 Å². The van der Waals surface area contributed by atoms with Crippen LogP contribution in [-0.2, 0) is 25.1 Å². The van der Waals surface area contributed by atoms with Crippen molar-refractivity contribution in [1.82, 2.24) is 0 Å². The number of benzene rings is 3. The average Bonchev–Trinajstić information content (AvgIpc) is 2.98. The molecule has 7 heteroatoms. The standard InChI is InChI=1S/C24H18O5S2/c25-20-21(29-24(26)30-16-17-10-4-1-5-11-17)23(19-14-8-3-9-15-19)31(27,28)22(20)18-12-6-2-7-13-18/h1-15,22H,16H2. The highest BCUT2D eigenvalue weighted by molar-refractivity contribution is 8.12. The van der Waals surface area contributed by atoms with Gasteiger partial charge in [0, 0.05) is 5.75 Å². The molecular formula is C24H18O5S2. The van der Waals surface area contributed by atoms with E-state index in [4.69, 9.17) is 4.74 Å². The average molecular weight is 451 g/mol. The molecule has 0 fully saturated rings. The summed E-state index contributed by atoms with van der Waals surface area (Å²) in [6, 6.07) is 25.8. The molecule has 156 valence electrons. The second kappa shape index (κ2) is 8.91. The molecule has 4 rings (SSSR count). The zero-order chi connectivity index (χ0) is 21.8. The van der Waals surface area contributed by atoms with Crippen molar-refractivity contribution in [2.45, 2.75) is 11.0 Å². The first kappa shape index (κ1) is 21.1. The third-order valence-electron chi connectivity index (χ3n) is 4.79. The van der Waals surface area contributed by atoms with E-state index in [0.717, 1.165) is 17.3 Å². The Morgan fingerprint density at radius 2 is 1.39 bits per heavy atom. The molecular weight excluding hydrogens is 432 g/mol. The number of ketones is 1. The smallest absolute Gasteiger partial charge is 0.373 e. The van der Waals surface area contributed by atoms with Crippen molar-refractivity contribution in [2.24, 2.45) is 0 Å². The third kappa shape index (κ3) is 4.33. The Balaban J connectivity index is 1.69. The number of thioether (sulfide) groups is 1. The van der Waals surface area contributed by atoms with Gasteiger partial charge in [0.1, 0.15) is 4.91 Å². The lowest BCUT2D eigenvalue weighted by Gasteiger charge is -2.10. The van der Waals surface area contributed by atoms with Crippen LogP contribution in [0.1, 0.15) is 21.9 Å². The van der Waals surface area contributed by atoms with Gasteiger partial charge in [-0.05, 0) is 28.5 Å². The summed E-state index contributed by atoms with van der Waals surface area (Å²) in [5, 5.41) is -2.17. The Bertz CT molecular complexity index is 1230. The minimum atomic E-state index is -4.10. The number of sulfone groups is 1. The summed E-state index contributed by atoms with van der Waals surface area (Å²) in [6.45, 7) is 0. The first-order chi connectivity index (χ1) is 15.0. The summed E-state index contributed by atoms with van der Waals surface area (Å²) >= 11 is 0.870. The maximum atomic E-state index is 13.4. The molecule has 0 spiro atoms. The molecule has 0 aliphatic carbocycles. The van der Waals surface area contributed by atoms with E-state index in [9.17, 15) is 18.0 Å². The molecule has 0 saturated heterocycles. The quantitative estimate of drug-likeness (QED) is 0.500. The summed E-state index contributed by atoms with van der Waals surface area (Å²) in [7, 11) is -4.10. The van der Waals surface area contributed by atoms with Crippen LogP contribution >= 0.6 is 11.8 Å².